The zero-order chi connectivity index (χ0) is 19.3. The van der Waals surface area contributed by atoms with Crippen molar-refractivity contribution >= 4 is 18.7 Å². The van der Waals surface area contributed by atoms with Gasteiger partial charge in [-0.3, -0.25) is 0 Å². The van der Waals surface area contributed by atoms with E-state index in [-0.39, 0.29) is 0 Å². The van der Waals surface area contributed by atoms with Gasteiger partial charge in [0.15, 0.2) is 0 Å². The van der Waals surface area contributed by atoms with Crippen molar-refractivity contribution in [3.8, 4) is 0 Å². The molecule has 0 aromatic heterocycles. The molecule has 1 nitrogen and oxygen atoms in total. The molecule has 0 aliphatic heterocycles. The molecule has 0 amide bonds. The molecule has 0 saturated heterocycles. The van der Waals surface area contributed by atoms with Gasteiger partial charge in [0.1, 0.15) is 0 Å². The van der Waals surface area contributed by atoms with Gasteiger partial charge in [0.05, 0.1) is 0 Å². The summed E-state index contributed by atoms with van der Waals surface area (Å²) in [5.41, 5.74) is 0. The SMILES string of the molecule is CCCCCCCCCCCCCCCCCC[Si](C)(Cl)OCCCC. The third-order valence-corrected chi connectivity index (χ3v) is 8.32. The van der Waals surface area contributed by atoms with Crippen LogP contribution < -0.4 is 0 Å². The molecule has 3 heteroatoms. The Labute approximate surface area is 171 Å². The lowest BCUT2D eigenvalue weighted by Crippen LogP contribution is -2.27. The van der Waals surface area contributed by atoms with Gasteiger partial charge in [-0.15, -0.1) is 11.1 Å². The molecule has 0 N–H and O–H groups in total. The molecule has 0 aromatic rings. The normalized spacial score (nSPS) is 13.8. The fourth-order valence-corrected chi connectivity index (χ4v) is 5.72. The maximum Gasteiger partial charge on any atom is 0.286 e. The number of unbranched alkanes of at least 4 members (excludes halogenated alkanes) is 16. The van der Waals surface area contributed by atoms with E-state index in [4.69, 9.17) is 15.5 Å². The van der Waals surface area contributed by atoms with Gasteiger partial charge in [-0.2, -0.15) is 0 Å². The van der Waals surface area contributed by atoms with Crippen LogP contribution in [0.2, 0.25) is 12.6 Å². The molecule has 0 radical (unpaired) electrons. The molecule has 1 atom stereocenters. The summed E-state index contributed by atoms with van der Waals surface area (Å²) < 4.78 is 5.90. The van der Waals surface area contributed by atoms with Gasteiger partial charge < -0.3 is 4.43 Å². The smallest absolute Gasteiger partial charge is 0.286 e. The van der Waals surface area contributed by atoms with Crippen LogP contribution >= 0.6 is 11.1 Å². The number of halogens is 1. The summed E-state index contributed by atoms with van der Waals surface area (Å²) in [6.07, 6.45) is 25.1. The van der Waals surface area contributed by atoms with Crippen molar-refractivity contribution in [2.24, 2.45) is 0 Å². The van der Waals surface area contributed by atoms with E-state index in [0.717, 1.165) is 19.1 Å². The van der Waals surface area contributed by atoms with Crippen molar-refractivity contribution in [2.45, 2.75) is 142 Å². The van der Waals surface area contributed by atoms with E-state index in [1.165, 1.54) is 109 Å². The van der Waals surface area contributed by atoms with Crippen molar-refractivity contribution in [2.75, 3.05) is 6.61 Å². The molecule has 0 spiro atoms. The average molecular weight is 405 g/mol. The molecular weight excluding hydrogens is 356 g/mol. The average Bonchev–Trinajstić information content (AvgIpc) is 2.61. The van der Waals surface area contributed by atoms with Gasteiger partial charge in [-0.1, -0.05) is 123 Å². The van der Waals surface area contributed by atoms with E-state index in [2.05, 4.69) is 20.4 Å². The highest BCUT2D eigenvalue weighted by Gasteiger charge is 2.25. The molecule has 0 saturated carbocycles. The molecule has 0 aliphatic rings. The molecule has 0 rings (SSSR count). The van der Waals surface area contributed by atoms with Crippen LogP contribution in [-0.4, -0.2) is 14.2 Å². The van der Waals surface area contributed by atoms with Gasteiger partial charge in [0.25, 0.3) is 7.63 Å². The van der Waals surface area contributed by atoms with Crippen LogP contribution in [0.4, 0.5) is 0 Å². The fraction of sp³-hybridized carbons (Fsp3) is 1.00. The number of hydrogen-bond donors (Lipinski definition) is 0. The van der Waals surface area contributed by atoms with E-state index in [1.54, 1.807) is 0 Å². The minimum absolute atomic E-state index is 0.863. The summed E-state index contributed by atoms with van der Waals surface area (Å²) >= 11 is 6.55. The zero-order valence-electron chi connectivity index (χ0n) is 18.4. The van der Waals surface area contributed by atoms with E-state index in [0.29, 0.717) is 0 Å². The fourth-order valence-electron chi connectivity index (χ4n) is 3.49. The van der Waals surface area contributed by atoms with Crippen LogP contribution in [0.25, 0.3) is 0 Å². The lowest BCUT2D eigenvalue weighted by Gasteiger charge is -2.19. The van der Waals surface area contributed by atoms with Gasteiger partial charge in [0.2, 0.25) is 0 Å². The maximum atomic E-state index is 6.55. The van der Waals surface area contributed by atoms with Crippen LogP contribution in [0.3, 0.4) is 0 Å². The molecule has 0 aliphatic carbocycles. The van der Waals surface area contributed by atoms with Gasteiger partial charge in [-0.05, 0) is 19.0 Å². The summed E-state index contributed by atoms with van der Waals surface area (Å²) in [7, 11) is -1.88. The minimum Gasteiger partial charge on any atom is -0.403 e. The standard InChI is InChI=1S/C23H49ClOSi/c1-4-6-8-9-10-11-12-13-14-15-16-17-18-19-20-21-23-26(3,24)25-22-7-5-2/h4-23H2,1-3H3. The Balaban J connectivity index is 3.17. The summed E-state index contributed by atoms with van der Waals surface area (Å²) in [5, 5.41) is 0. The molecule has 158 valence electrons. The molecule has 0 bridgehead atoms. The maximum absolute atomic E-state index is 6.55. The molecule has 0 heterocycles. The lowest BCUT2D eigenvalue weighted by molar-refractivity contribution is 0.306. The summed E-state index contributed by atoms with van der Waals surface area (Å²) in [5.74, 6) is 0. The minimum atomic E-state index is -1.88. The topological polar surface area (TPSA) is 9.23 Å². The Morgan fingerprint density at radius 1 is 0.538 bits per heavy atom. The van der Waals surface area contributed by atoms with E-state index >= 15 is 0 Å². The van der Waals surface area contributed by atoms with Crippen molar-refractivity contribution in [1.29, 1.82) is 0 Å². The second-order valence-electron chi connectivity index (χ2n) is 8.36. The van der Waals surface area contributed by atoms with Crippen LogP contribution in [0, 0.1) is 0 Å². The first-order valence-electron chi connectivity index (χ1n) is 11.9. The second kappa shape index (κ2) is 20.2. The quantitative estimate of drug-likeness (QED) is 0.105. The first-order chi connectivity index (χ1) is 12.6. The third kappa shape index (κ3) is 20.8. The summed E-state index contributed by atoms with van der Waals surface area (Å²) in [6.45, 7) is 7.52. The zero-order valence-corrected chi connectivity index (χ0v) is 20.2. The number of rotatable bonds is 21. The molecule has 26 heavy (non-hydrogen) atoms. The highest BCUT2D eigenvalue weighted by molar-refractivity contribution is 7.16. The Morgan fingerprint density at radius 3 is 1.27 bits per heavy atom. The first kappa shape index (κ1) is 26.5. The molecule has 0 aromatic carbocycles. The van der Waals surface area contributed by atoms with Crippen LogP contribution in [-0.2, 0) is 4.43 Å². The van der Waals surface area contributed by atoms with Crippen molar-refractivity contribution in [1.82, 2.24) is 0 Å². The monoisotopic (exact) mass is 404 g/mol. The van der Waals surface area contributed by atoms with Crippen LogP contribution in [0.15, 0.2) is 0 Å². The van der Waals surface area contributed by atoms with E-state index in [9.17, 15) is 0 Å². The van der Waals surface area contributed by atoms with Crippen molar-refractivity contribution < 1.29 is 4.43 Å². The Morgan fingerprint density at radius 2 is 0.885 bits per heavy atom. The summed E-state index contributed by atoms with van der Waals surface area (Å²) in [6, 6.07) is 1.12. The molecule has 0 fully saturated rings. The van der Waals surface area contributed by atoms with E-state index in [1.807, 2.05) is 0 Å². The predicted octanol–water partition coefficient (Wildman–Crippen LogP) is 9.38. The highest BCUT2D eigenvalue weighted by atomic mass is 35.6. The highest BCUT2D eigenvalue weighted by Crippen LogP contribution is 2.22. The van der Waals surface area contributed by atoms with Crippen molar-refractivity contribution in [3.63, 3.8) is 0 Å². The first-order valence-corrected chi connectivity index (χ1v) is 15.6. The summed E-state index contributed by atoms with van der Waals surface area (Å²) in [4.78, 5) is 0. The largest absolute Gasteiger partial charge is 0.403 e. The predicted molar refractivity (Wildman–Crippen MR) is 123 cm³/mol. The van der Waals surface area contributed by atoms with E-state index < -0.39 is 7.63 Å². The Hall–Kier alpha value is 0.467. The van der Waals surface area contributed by atoms with Crippen LogP contribution in [0.5, 0.6) is 0 Å². The molecule has 1 unspecified atom stereocenters. The van der Waals surface area contributed by atoms with Gasteiger partial charge >= 0.3 is 0 Å². The second-order valence-corrected chi connectivity index (χ2v) is 13.7. The lowest BCUT2D eigenvalue weighted by atomic mass is 10.0. The Bertz CT molecular complexity index is 271. The van der Waals surface area contributed by atoms with Crippen LogP contribution in [0.1, 0.15) is 129 Å². The third-order valence-electron chi connectivity index (χ3n) is 5.38. The van der Waals surface area contributed by atoms with Gasteiger partial charge in [-0.25, -0.2) is 0 Å². The molecular formula is C23H49ClOSi. The van der Waals surface area contributed by atoms with Crippen molar-refractivity contribution in [3.05, 3.63) is 0 Å². The number of hydrogen-bond acceptors (Lipinski definition) is 1. The Kier molecular flexibility index (Phi) is 20.6. The van der Waals surface area contributed by atoms with Gasteiger partial charge in [0, 0.05) is 6.61 Å².